The molecule has 8 heteroatoms. The van der Waals surface area contributed by atoms with E-state index in [-0.39, 0.29) is 22.7 Å². The van der Waals surface area contributed by atoms with Crippen molar-refractivity contribution in [2.45, 2.75) is 50.9 Å². The highest BCUT2D eigenvalue weighted by molar-refractivity contribution is 6.31. The number of aliphatic hydroxyl groups is 1. The molecule has 0 bridgehead atoms. The lowest BCUT2D eigenvalue weighted by atomic mass is 9.87. The van der Waals surface area contributed by atoms with Crippen molar-refractivity contribution in [2.75, 3.05) is 0 Å². The third-order valence-corrected chi connectivity index (χ3v) is 5.30. The normalized spacial score (nSPS) is 26.9. The van der Waals surface area contributed by atoms with Crippen molar-refractivity contribution in [1.29, 1.82) is 0 Å². The first kappa shape index (κ1) is 18.2. The average Bonchev–Trinajstić information content (AvgIpc) is 2.70. The van der Waals surface area contributed by atoms with Gasteiger partial charge in [0, 0.05) is 16.3 Å². The van der Waals surface area contributed by atoms with Crippen LogP contribution in [0.15, 0.2) is 23.3 Å². The molecule has 0 saturated heterocycles. The van der Waals surface area contributed by atoms with Crippen molar-refractivity contribution in [1.82, 2.24) is 5.01 Å². The smallest absolute Gasteiger partial charge is 0.362 e. The number of hydrazone groups is 1. The Labute approximate surface area is 148 Å². The number of hydrogen-bond acceptors (Lipinski definition) is 3. The summed E-state index contributed by atoms with van der Waals surface area (Å²) in [6.45, 7) is 1.65. The first-order valence-corrected chi connectivity index (χ1v) is 8.51. The lowest BCUT2D eigenvalue weighted by Crippen LogP contribution is -2.61. The summed E-state index contributed by atoms with van der Waals surface area (Å²) >= 11 is 5.91. The van der Waals surface area contributed by atoms with Crippen LogP contribution in [0.1, 0.15) is 48.0 Å². The Morgan fingerprint density at radius 2 is 2.08 bits per heavy atom. The van der Waals surface area contributed by atoms with Gasteiger partial charge in [-0.1, -0.05) is 24.4 Å². The second kappa shape index (κ2) is 6.29. The molecule has 1 aliphatic carbocycles. The molecule has 0 spiro atoms. The third kappa shape index (κ3) is 2.93. The van der Waals surface area contributed by atoms with E-state index in [2.05, 4.69) is 5.10 Å². The number of carbonyl (C=O) groups excluding carboxylic acids is 1. The molecule has 1 aromatic rings. The van der Waals surface area contributed by atoms with E-state index in [9.17, 15) is 23.1 Å². The van der Waals surface area contributed by atoms with E-state index in [4.69, 9.17) is 11.6 Å². The van der Waals surface area contributed by atoms with Crippen LogP contribution in [0.3, 0.4) is 0 Å². The average molecular weight is 375 g/mol. The third-order valence-electron chi connectivity index (χ3n) is 4.88. The lowest BCUT2D eigenvalue weighted by molar-refractivity contribution is -0.312. The van der Waals surface area contributed by atoms with Gasteiger partial charge in [0.15, 0.2) is 0 Å². The molecule has 0 unspecified atom stereocenters. The van der Waals surface area contributed by atoms with Crippen molar-refractivity contribution in [3.8, 4) is 0 Å². The maximum atomic E-state index is 13.8. The zero-order valence-corrected chi connectivity index (χ0v) is 14.4. The number of fused-ring (bicyclic) bond motifs is 1. The topological polar surface area (TPSA) is 52.9 Å². The Bertz CT molecular complexity index is 735. The van der Waals surface area contributed by atoms with Crippen molar-refractivity contribution < 1.29 is 23.1 Å². The van der Waals surface area contributed by atoms with Gasteiger partial charge >= 0.3 is 6.18 Å². The molecule has 1 amide bonds. The zero-order chi connectivity index (χ0) is 18.4. The Morgan fingerprint density at radius 1 is 1.36 bits per heavy atom. The SMILES string of the molecule is Cc1cc(C(=O)N2N=C3CCCCC[C@@H]3[C@@]2(O)C(F)(F)F)ccc1Cl. The molecule has 136 valence electrons. The monoisotopic (exact) mass is 374 g/mol. The maximum Gasteiger partial charge on any atom is 0.439 e. The maximum absolute atomic E-state index is 13.8. The number of hydrogen-bond donors (Lipinski definition) is 1. The predicted octanol–water partition coefficient (Wildman–Crippen LogP) is 4.29. The van der Waals surface area contributed by atoms with E-state index in [1.165, 1.54) is 18.2 Å². The molecule has 25 heavy (non-hydrogen) atoms. The van der Waals surface area contributed by atoms with Gasteiger partial charge in [-0.05, 0) is 49.9 Å². The van der Waals surface area contributed by atoms with Crippen molar-refractivity contribution in [3.63, 3.8) is 0 Å². The van der Waals surface area contributed by atoms with Gasteiger partial charge in [-0.2, -0.15) is 23.3 Å². The highest BCUT2D eigenvalue weighted by atomic mass is 35.5. The summed E-state index contributed by atoms with van der Waals surface area (Å²) in [4.78, 5) is 12.7. The Balaban J connectivity index is 2.05. The predicted molar refractivity (Wildman–Crippen MR) is 87.4 cm³/mol. The number of amides is 1. The van der Waals surface area contributed by atoms with Crippen molar-refractivity contribution in [3.05, 3.63) is 34.3 Å². The van der Waals surface area contributed by atoms with Crippen LogP contribution in [0.2, 0.25) is 5.02 Å². The zero-order valence-electron chi connectivity index (χ0n) is 13.6. The summed E-state index contributed by atoms with van der Waals surface area (Å²) in [5, 5.41) is 15.1. The molecule has 4 nitrogen and oxygen atoms in total. The number of halogens is 4. The van der Waals surface area contributed by atoms with E-state index >= 15 is 0 Å². The van der Waals surface area contributed by atoms with Crippen LogP contribution >= 0.6 is 11.6 Å². The van der Waals surface area contributed by atoms with Crippen LogP contribution in [-0.2, 0) is 0 Å². The number of rotatable bonds is 1. The largest absolute Gasteiger partial charge is 0.439 e. The molecule has 2 atom stereocenters. The quantitative estimate of drug-likeness (QED) is 0.797. The first-order valence-electron chi connectivity index (χ1n) is 8.13. The number of benzene rings is 1. The van der Waals surface area contributed by atoms with E-state index in [0.29, 0.717) is 29.8 Å². The van der Waals surface area contributed by atoms with Crippen LogP contribution in [0.4, 0.5) is 13.2 Å². The number of aryl methyl sites for hydroxylation is 1. The fourth-order valence-corrected chi connectivity index (χ4v) is 3.61. The molecule has 0 aromatic heterocycles. The number of nitrogens with zero attached hydrogens (tertiary/aromatic N) is 2. The van der Waals surface area contributed by atoms with Crippen LogP contribution < -0.4 is 0 Å². The van der Waals surface area contributed by atoms with E-state index in [0.717, 1.165) is 6.42 Å². The second-order valence-corrected chi connectivity index (χ2v) is 6.96. The molecule has 0 radical (unpaired) electrons. The summed E-state index contributed by atoms with van der Waals surface area (Å²) in [5.74, 6) is -2.20. The Morgan fingerprint density at radius 3 is 2.72 bits per heavy atom. The molecular weight excluding hydrogens is 357 g/mol. The summed E-state index contributed by atoms with van der Waals surface area (Å²) in [6.07, 6.45) is -2.46. The van der Waals surface area contributed by atoms with Gasteiger partial charge in [-0.15, -0.1) is 0 Å². The van der Waals surface area contributed by atoms with Crippen molar-refractivity contribution in [2.24, 2.45) is 11.0 Å². The minimum atomic E-state index is -5.01. The lowest BCUT2D eigenvalue weighted by Gasteiger charge is -2.37. The van der Waals surface area contributed by atoms with Gasteiger partial charge in [0.05, 0.1) is 5.92 Å². The van der Waals surface area contributed by atoms with Gasteiger partial charge in [-0.3, -0.25) is 4.79 Å². The first-order chi connectivity index (χ1) is 11.7. The summed E-state index contributed by atoms with van der Waals surface area (Å²) in [5.41, 5.74) is -2.50. The molecule has 3 rings (SSSR count). The van der Waals surface area contributed by atoms with Crippen LogP contribution in [0, 0.1) is 12.8 Å². The minimum Gasteiger partial charge on any atom is -0.362 e. The molecule has 1 aliphatic heterocycles. The molecular formula is C17H18ClF3N2O2. The van der Waals surface area contributed by atoms with Gasteiger partial charge < -0.3 is 5.11 Å². The molecule has 1 fully saturated rings. The van der Waals surface area contributed by atoms with Crippen LogP contribution in [-0.4, -0.2) is 33.6 Å². The number of carbonyl (C=O) groups is 1. The van der Waals surface area contributed by atoms with Gasteiger partial charge in [0.2, 0.25) is 0 Å². The highest BCUT2D eigenvalue weighted by Gasteiger charge is 2.68. The van der Waals surface area contributed by atoms with Gasteiger partial charge in [0.25, 0.3) is 11.6 Å². The van der Waals surface area contributed by atoms with E-state index in [1.54, 1.807) is 6.92 Å². The summed E-state index contributed by atoms with van der Waals surface area (Å²) in [7, 11) is 0. The molecule has 1 aromatic carbocycles. The molecule has 2 aliphatic rings. The molecule has 1 heterocycles. The molecule has 1 saturated carbocycles. The fraction of sp³-hybridized carbons (Fsp3) is 0.529. The highest BCUT2D eigenvalue weighted by Crippen LogP contribution is 2.48. The fourth-order valence-electron chi connectivity index (χ4n) is 3.50. The van der Waals surface area contributed by atoms with Crippen molar-refractivity contribution >= 4 is 23.2 Å². The molecule has 1 N–H and O–H groups in total. The second-order valence-electron chi connectivity index (χ2n) is 6.55. The Kier molecular flexibility index (Phi) is 4.58. The summed E-state index contributed by atoms with van der Waals surface area (Å²) in [6, 6.07) is 4.18. The van der Waals surface area contributed by atoms with Crippen LogP contribution in [0.25, 0.3) is 0 Å². The minimum absolute atomic E-state index is 0.00499. The summed E-state index contributed by atoms with van der Waals surface area (Å²) < 4.78 is 41.3. The standard InChI is InChI=1S/C17H18ClF3N2O2/c1-10-9-11(7-8-13(10)18)15(24)23-16(25,17(19,20)21)12-5-3-2-4-6-14(12)22-23/h7-9,12,25H,2-6H2,1H3/t12-,16+/m0/s1. The van der Waals surface area contributed by atoms with Gasteiger partial charge in [-0.25, -0.2) is 0 Å². The van der Waals surface area contributed by atoms with E-state index in [1.807, 2.05) is 0 Å². The van der Waals surface area contributed by atoms with Crippen LogP contribution in [0.5, 0.6) is 0 Å². The van der Waals surface area contributed by atoms with Gasteiger partial charge in [0.1, 0.15) is 0 Å². The number of alkyl halides is 3. The Hall–Kier alpha value is -1.60. The van der Waals surface area contributed by atoms with E-state index < -0.39 is 23.7 Å².